The van der Waals surface area contributed by atoms with Crippen molar-refractivity contribution in [2.24, 2.45) is 5.10 Å². The highest BCUT2D eigenvalue weighted by molar-refractivity contribution is 7.18. The molecule has 3 aromatic rings. The lowest BCUT2D eigenvalue weighted by Crippen LogP contribution is -2.34. The van der Waals surface area contributed by atoms with Gasteiger partial charge in [-0.3, -0.25) is 24.3 Å². The van der Waals surface area contributed by atoms with Gasteiger partial charge in [0.1, 0.15) is 10.9 Å². The van der Waals surface area contributed by atoms with Gasteiger partial charge in [-0.25, -0.2) is 10.4 Å². The molecule has 1 amide bonds. The molecular formula is C20H19N5O4S. The second-order valence-corrected chi connectivity index (χ2v) is 8.19. The number of nitrogens with zero attached hydrogens (tertiary/aromatic N) is 4. The number of carbonyl (C=O) groups is 1. The molecule has 0 fully saturated rings. The first-order valence-electron chi connectivity index (χ1n) is 9.54. The van der Waals surface area contributed by atoms with Gasteiger partial charge in [-0.1, -0.05) is 0 Å². The number of thiophene rings is 1. The van der Waals surface area contributed by atoms with E-state index in [1.165, 1.54) is 46.3 Å². The number of nitrogens with one attached hydrogen (secondary N) is 1. The summed E-state index contributed by atoms with van der Waals surface area (Å²) in [5.74, 6) is -0.458. The number of fused-ring (bicyclic) bond motifs is 3. The Morgan fingerprint density at radius 2 is 2.07 bits per heavy atom. The van der Waals surface area contributed by atoms with Crippen molar-refractivity contribution in [3.8, 4) is 0 Å². The van der Waals surface area contributed by atoms with Crippen LogP contribution < -0.4 is 11.0 Å². The first-order chi connectivity index (χ1) is 14.5. The molecule has 9 nitrogen and oxygen atoms in total. The first-order valence-corrected chi connectivity index (χ1v) is 10.4. The van der Waals surface area contributed by atoms with Crippen molar-refractivity contribution in [2.45, 2.75) is 38.6 Å². The Kier molecular flexibility index (Phi) is 5.40. The van der Waals surface area contributed by atoms with Crippen LogP contribution in [0.25, 0.3) is 10.2 Å². The van der Waals surface area contributed by atoms with Gasteiger partial charge >= 0.3 is 0 Å². The van der Waals surface area contributed by atoms with Crippen molar-refractivity contribution < 1.29 is 9.72 Å². The first kappa shape index (κ1) is 19.9. The van der Waals surface area contributed by atoms with Crippen molar-refractivity contribution in [3.63, 3.8) is 0 Å². The van der Waals surface area contributed by atoms with Gasteiger partial charge in [0.2, 0.25) is 0 Å². The molecule has 2 heterocycles. The number of nitro benzene ring substituents is 1. The third-order valence-electron chi connectivity index (χ3n) is 5.19. The lowest BCUT2D eigenvalue weighted by Gasteiger charge is -2.14. The minimum Gasteiger partial charge on any atom is -0.286 e. The minimum absolute atomic E-state index is 0.0253. The second kappa shape index (κ2) is 8.15. The maximum absolute atomic E-state index is 13.0. The van der Waals surface area contributed by atoms with Crippen LogP contribution in [-0.2, 0) is 17.6 Å². The fourth-order valence-corrected chi connectivity index (χ4v) is 4.73. The zero-order valence-corrected chi connectivity index (χ0v) is 17.0. The summed E-state index contributed by atoms with van der Waals surface area (Å²) in [5, 5.41) is 15.2. The number of benzene rings is 1. The molecule has 0 saturated heterocycles. The molecule has 30 heavy (non-hydrogen) atoms. The van der Waals surface area contributed by atoms with Gasteiger partial charge in [0, 0.05) is 17.0 Å². The van der Waals surface area contributed by atoms with E-state index < -0.39 is 16.9 Å². The largest absolute Gasteiger partial charge is 0.286 e. The molecule has 154 valence electrons. The van der Waals surface area contributed by atoms with Gasteiger partial charge in [-0.15, -0.1) is 11.3 Å². The van der Waals surface area contributed by atoms with E-state index in [4.69, 9.17) is 0 Å². The number of rotatable bonds is 5. The average Bonchev–Trinajstić information content (AvgIpc) is 3.13. The number of amides is 1. The van der Waals surface area contributed by atoms with Crippen LogP contribution in [-0.4, -0.2) is 26.6 Å². The Balaban J connectivity index is 1.51. The molecule has 0 saturated carbocycles. The van der Waals surface area contributed by atoms with Crippen LogP contribution in [0.3, 0.4) is 0 Å². The molecule has 1 aliphatic carbocycles. The molecule has 0 radical (unpaired) electrons. The van der Waals surface area contributed by atoms with Gasteiger partial charge in [-0.2, -0.15) is 5.10 Å². The molecule has 1 aromatic carbocycles. The van der Waals surface area contributed by atoms with E-state index >= 15 is 0 Å². The quantitative estimate of drug-likeness (QED) is 0.383. The summed E-state index contributed by atoms with van der Waals surface area (Å²) in [6.07, 6.45) is 6.82. The minimum atomic E-state index is -0.789. The zero-order chi connectivity index (χ0) is 21.3. The van der Waals surface area contributed by atoms with E-state index in [0.717, 1.165) is 36.1 Å². The molecule has 0 unspecified atom stereocenters. The van der Waals surface area contributed by atoms with E-state index in [1.54, 1.807) is 18.3 Å². The number of aryl methyl sites for hydroxylation is 2. The fourth-order valence-electron chi connectivity index (χ4n) is 3.51. The van der Waals surface area contributed by atoms with Crippen molar-refractivity contribution in [2.75, 3.05) is 0 Å². The van der Waals surface area contributed by atoms with E-state index in [-0.39, 0.29) is 11.2 Å². The third kappa shape index (κ3) is 3.73. The summed E-state index contributed by atoms with van der Waals surface area (Å²) in [7, 11) is 0. The van der Waals surface area contributed by atoms with E-state index in [2.05, 4.69) is 15.5 Å². The summed E-state index contributed by atoms with van der Waals surface area (Å²) >= 11 is 1.57. The summed E-state index contributed by atoms with van der Waals surface area (Å²) in [6, 6.07) is 4.97. The van der Waals surface area contributed by atoms with Crippen molar-refractivity contribution in [1.82, 2.24) is 15.0 Å². The number of hydrogen-bond donors (Lipinski definition) is 1. The van der Waals surface area contributed by atoms with Crippen LogP contribution in [0.15, 0.2) is 40.5 Å². The number of nitro groups is 1. The van der Waals surface area contributed by atoms with E-state index in [0.29, 0.717) is 10.9 Å². The van der Waals surface area contributed by atoms with Crippen LogP contribution in [0, 0.1) is 10.1 Å². The molecule has 1 N–H and O–H groups in total. The highest BCUT2D eigenvalue weighted by Crippen LogP contribution is 2.33. The topological polar surface area (TPSA) is 119 Å². The third-order valence-corrected chi connectivity index (χ3v) is 6.39. The monoisotopic (exact) mass is 425 g/mol. The lowest BCUT2D eigenvalue weighted by molar-refractivity contribution is -0.384. The maximum Gasteiger partial charge on any atom is 0.269 e. The van der Waals surface area contributed by atoms with Crippen LogP contribution in [0.2, 0.25) is 0 Å². The number of hydrazone groups is 1. The molecule has 1 atom stereocenters. The smallest absolute Gasteiger partial charge is 0.269 e. The predicted octanol–water partition coefficient (Wildman–Crippen LogP) is 2.96. The van der Waals surface area contributed by atoms with Gasteiger partial charge < -0.3 is 0 Å². The fraction of sp³-hybridized carbons (Fsp3) is 0.300. The molecule has 0 aliphatic heterocycles. The van der Waals surface area contributed by atoms with Gasteiger partial charge in [0.25, 0.3) is 17.2 Å². The maximum atomic E-state index is 13.0. The van der Waals surface area contributed by atoms with Crippen LogP contribution in [0.4, 0.5) is 5.69 Å². The van der Waals surface area contributed by atoms with Crippen molar-refractivity contribution in [3.05, 3.63) is 67.1 Å². The van der Waals surface area contributed by atoms with Crippen molar-refractivity contribution >= 4 is 39.4 Å². The molecule has 0 bridgehead atoms. The highest BCUT2D eigenvalue weighted by atomic mass is 32.1. The summed E-state index contributed by atoms with van der Waals surface area (Å²) in [6.45, 7) is 1.62. The standard InChI is InChI=1S/C20H19N5O4S/c1-12(18(26)23-22-10-13-6-8-14(9-7-13)25(28)29)24-11-21-19-17(20(24)27)15-4-2-3-5-16(15)30-19/h6-12H,2-5H2,1H3,(H,23,26)/b22-10-/t12-/m0/s1. The Bertz CT molecular complexity index is 1210. The van der Waals surface area contributed by atoms with Crippen LogP contribution in [0.1, 0.15) is 41.8 Å². The van der Waals surface area contributed by atoms with Gasteiger partial charge in [-0.05, 0) is 55.9 Å². The van der Waals surface area contributed by atoms with Gasteiger partial charge in [0.05, 0.1) is 22.9 Å². The lowest BCUT2D eigenvalue weighted by atomic mass is 9.97. The summed E-state index contributed by atoms with van der Waals surface area (Å²) in [4.78, 5) is 42.1. The summed E-state index contributed by atoms with van der Waals surface area (Å²) in [5.41, 5.74) is 3.85. The van der Waals surface area contributed by atoms with Crippen molar-refractivity contribution in [1.29, 1.82) is 0 Å². The second-order valence-electron chi connectivity index (χ2n) is 7.11. The van der Waals surface area contributed by atoms with Crippen LogP contribution in [0.5, 0.6) is 0 Å². The highest BCUT2D eigenvalue weighted by Gasteiger charge is 2.23. The Morgan fingerprint density at radius 3 is 2.80 bits per heavy atom. The molecule has 4 rings (SSSR count). The van der Waals surface area contributed by atoms with E-state index in [1.807, 2.05) is 0 Å². The Labute approximate surface area is 175 Å². The number of carbonyl (C=O) groups excluding carboxylic acids is 1. The molecule has 0 spiro atoms. The predicted molar refractivity (Wildman–Crippen MR) is 114 cm³/mol. The summed E-state index contributed by atoms with van der Waals surface area (Å²) < 4.78 is 1.33. The molecule has 2 aromatic heterocycles. The number of non-ortho nitro benzene ring substituents is 1. The van der Waals surface area contributed by atoms with E-state index in [9.17, 15) is 19.7 Å². The number of aromatic nitrogens is 2. The molecule has 1 aliphatic rings. The Morgan fingerprint density at radius 1 is 1.33 bits per heavy atom. The normalized spacial score (nSPS) is 14.6. The number of hydrogen-bond acceptors (Lipinski definition) is 7. The molecule has 10 heteroatoms. The van der Waals surface area contributed by atoms with Gasteiger partial charge in [0.15, 0.2) is 0 Å². The molecular weight excluding hydrogens is 406 g/mol. The SMILES string of the molecule is C[C@@H](C(=O)N/N=C\c1ccc([N+](=O)[O-])cc1)n1cnc2sc3c(c2c1=O)CCCC3. The average molecular weight is 425 g/mol. The Hall–Kier alpha value is -3.40. The zero-order valence-electron chi connectivity index (χ0n) is 16.2. The van der Waals surface area contributed by atoms with Crippen LogP contribution >= 0.6 is 11.3 Å².